The lowest BCUT2D eigenvalue weighted by molar-refractivity contribution is 0.669. The quantitative estimate of drug-likeness (QED) is 0.180. The van der Waals surface area contributed by atoms with Crippen molar-refractivity contribution in [2.75, 3.05) is 0 Å². The monoisotopic (exact) mass is 636 g/mol. The Labute approximate surface area is 287 Å². The van der Waals surface area contributed by atoms with Crippen molar-refractivity contribution in [3.63, 3.8) is 0 Å². The first-order valence-corrected chi connectivity index (χ1v) is 17.1. The van der Waals surface area contributed by atoms with Crippen molar-refractivity contribution in [3.05, 3.63) is 170 Å². The average Bonchev–Trinajstić information content (AvgIpc) is 3.75. The Kier molecular flexibility index (Phi) is 5.70. The minimum Gasteiger partial charge on any atom is -0.456 e. The summed E-state index contributed by atoms with van der Waals surface area (Å²) in [5.74, 6) is 0. The van der Waals surface area contributed by atoms with Crippen LogP contribution in [-0.2, 0) is 0 Å². The highest BCUT2D eigenvalue weighted by Gasteiger charge is 2.18. The second-order valence-corrected chi connectivity index (χ2v) is 13.2. The summed E-state index contributed by atoms with van der Waals surface area (Å²) in [6.07, 6.45) is 0. The summed E-state index contributed by atoms with van der Waals surface area (Å²) in [4.78, 5) is 0. The maximum absolute atomic E-state index is 6.63. The smallest absolute Gasteiger partial charge is 0.143 e. The highest BCUT2D eigenvalue weighted by atomic mass is 16.3. The van der Waals surface area contributed by atoms with Crippen LogP contribution in [0.4, 0.5) is 0 Å². The largest absolute Gasteiger partial charge is 0.456 e. The summed E-state index contributed by atoms with van der Waals surface area (Å²) in [7, 11) is 0. The van der Waals surface area contributed by atoms with Crippen LogP contribution in [0.2, 0.25) is 0 Å². The van der Waals surface area contributed by atoms with Crippen molar-refractivity contribution in [3.8, 4) is 33.4 Å². The van der Waals surface area contributed by atoms with Crippen LogP contribution in [-0.4, -0.2) is 0 Å². The van der Waals surface area contributed by atoms with Gasteiger partial charge in [0.1, 0.15) is 22.3 Å². The van der Waals surface area contributed by atoms with Crippen LogP contribution in [0.5, 0.6) is 0 Å². The van der Waals surface area contributed by atoms with Gasteiger partial charge in [-0.3, -0.25) is 0 Å². The molecule has 0 amide bonds. The Morgan fingerprint density at radius 2 is 0.780 bits per heavy atom. The van der Waals surface area contributed by atoms with Gasteiger partial charge >= 0.3 is 0 Å². The maximum atomic E-state index is 6.63. The van der Waals surface area contributed by atoms with Crippen molar-refractivity contribution in [2.24, 2.45) is 0 Å². The highest BCUT2D eigenvalue weighted by Crippen LogP contribution is 2.45. The van der Waals surface area contributed by atoms with Gasteiger partial charge in [-0.2, -0.15) is 0 Å². The number of para-hydroxylation sites is 1. The molecule has 0 bridgehead atoms. The normalized spacial score (nSPS) is 12.0. The lowest BCUT2D eigenvalue weighted by Gasteiger charge is -2.18. The number of hydrogen-bond donors (Lipinski definition) is 0. The summed E-state index contributed by atoms with van der Waals surface area (Å²) in [5, 5.41) is 11.8. The van der Waals surface area contributed by atoms with Gasteiger partial charge < -0.3 is 8.83 Å². The van der Waals surface area contributed by atoms with Gasteiger partial charge in [0.15, 0.2) is 0 Å². The molecule has 0 aliphatic rings. The fourth-order valence-electron chi connectivity index (χ4n) is 8.15. The number of rotatable bonds is 3. The molecule has 9 aromatic carbocycles. The molecule has 232 valence electrons. The van der Waals surface area contributed by atoms with Crippen LogP contribution in [0.3, 0.4) is 0 Å². The Balaban J connectivity index is 1.08. The molecular weight excluding hydrogens is 609 g/mol. The molecule has 0 saturated carbocycles. The van der Waals surface area contributed by atoms with E-state index < -0.39 is 0 Å². The third-order valence-electron chi connectivity index (χ3n) is 10.5. The molecule has 2 aromatic heterocycles. The van der Waals surface area contributed by atoms with E-state index in [9.17, 15) is 0 Å². The van der Waals surface area contributed by atoms with E-state index >= 15 is 0 Å². The van der Waals surface area contributed by atoms with Crippen molar-refractivity contribution < 1.29 is 8.83 Å². The van der Waals surface area contributed by atoms with Gasteiger partial charge in [0.25, 0.3) is 0 Å². The molecule has 0 atom stereocenters. The first-order chi connectivity index (χ1) is 24.8. The van der Waals surface area contributed by atoms with E-state index in [4.69, 9.17) is 8.83 Å². The minimum absolute atomic E-state index is 0.906. The van der Waals surface area contributed by atoms with Crippen molar-refractivity contribution in [2.45, 2.75) is 0 Å². The van der Waals surface area contributed by atoms with E-state index in [0.29, 0.717) is 0 Å². The lowest BCUT2D eigenvalue weighted by Crippen LogP contribution is -1.91. The summed E-state index contributed by atoms with van der Waals surface area (Å²) < 4.78 is 12.7. The first-order valence-electron chi connectivity index (χ1n) is 17.1. The van der Waals surface area contributed by atoms with Gasteiger partial charge in [-0.25, -0.2) is 0 Å². The van der Waals surface area contributed by atoms with Gasteiger partial charge in [0, 0.05) is 26.9 Å². The van der Waals surface area contributed by atoms with Crippen LogP contribution in [0.25, 0.3) is 110 Å². The predicted octanol–water partition coefficient (Wildman–Crippen LogP) is 13.9. The van der Waals surface area contributed by atoms with E-state index in [1.807, 2.05) is 12.1 Å². The molecular formula is C48H28O2. The molecule has 50 heavy (non-hydrogen) atoms. The van der Waals surface area contributed by atoms with E-state index in [1.54, 1.807) is 0 Å². The van der Waals surface area contributed by atoms with Gasteiger partial charge in [0.2, 0.25) is 0 Å². The fraction of sp³-hybridized carbons (Fsp3) is 0. The second kappa shape index (κ2) is 10.4. The molecule has 0 saturated heterocycles. The molecule has 11 rings (SSSR count). The summed E-state index contributed by atoms with van der Waals surface area (Å²) in [5.41, 5.74) is 10.9. The molecule has 11 aromatic rings. The van der Waals surface area contributed by atoms with Gasteiger partial charge in [-0.15, -0.1) is 0 Å². The zero-order chi connectivity index (χ0) is 32.8. The topological polar surface area (TPSA) is 26.3 Å². The number of fused-ring (bicyclic) bond motifs is 10. The molecule has 0 N–H and O–H groups in total. The van der Waals surface area contributed by atoms with Crippen LogP contribution >= 0.6 is 0 Å². The summed E-state index contributed by atoms with van der Waals surface area (Å²) in [6.45, 7) is 0. The molecule has 0 fully saturated rings. The molecule has 2 heteroatoms. The Morgan fingerprint density at radius 3 is 1.52 bits per heavy atom. The van der Waals surface area contributed by atoms with Crippen LogP contribution < -0.4 is 0 Å². The fourth-order valence-corrected chi connectivity index (χ4v) is 8.15. The SMILES string of the molecule is c1ccc2c(c1)ccc1c3ccc(-c4c5ccccc5c(-c5ccc(-c6ccc7oc8ccccc8c7c6)cc5)c5ccccc45)cc3oc21. The molecule has 2 heterocycles. The number of benzene rings is 9. The molecule has 0 radical (unpaired) electrons. The van der Waals surface area contributed by atoms with Crippen LogP contribution in [0, 0.1) is 0 Å². The van der Waals surface area contributed by atoms with E-state index in [1.165, 1.54) is 54.7 Å². The number of hydrogen-bond acceptors (Lipinski definition) is 2. The Bertz CT molecular complexity index is 3080. The standard InChI is InChI=1S/C48H28O2/c1-2-10-34-30(9-1)21-25-41-36-24-22-33(28-45(36)50-48(34)41)47-39-14-5-3-12-37(39)46(38-13-4-6-15-40(38)47)31-19-17-29(18-20-31)32-23-26-44-42(27-32)35-11-7-8-16-43(35)49-44/h1-28H. The van der Waals surface area contributed by atoms with Gasteiger partial charge in [-0.1, -0.05) is 133 Å². The third-order valence-corrected chi connectivity index (χ3v) is 10.5. The maximum Gasteiger partial charge on any atom is 0.143 e. The molecule has 0 aliphatic carbocycles. The Hall–Kier alpha value is -6.64. The van der Waals surface area contributed by atoms with Crippen molar-refractivity contribution >= 4 is 76.2 Å². The second-order valence-electron chi connectivity index (χ2n) is 13.2. The highest BCUT2D eigenvalue weighted by molar-refractivity contribution is 6.22. The lowest BCUT2D eigenvalue weighted by atomic mass is 9.85. The molecule has 0 aliphatic heterocycles. The van der Waals surface area contributed by atoms with Crippen LogP contribution in [0.1, 0.15) is 0 Å². The predicted molar refractivity (Wildman–Crippen MR) is 210 cm³/mol. The van der Waals surface area contributed by atoms with Crippen molar-refractivity contribution in [1.29, 1.82) is 0 Å². The summed E-state index contributed by atoms with van der Waals surface area (Å²) >= 11 is 0. The Morgan fingerprint density at radius 1 is 0.260 bits per heavy atom. The van der Waals surface area contributed by atoms with E-state index in [2.05, 4.69) is 158 Å². The molecule has 0 unspecified atom stereocenters. The van der Waals surface area contributed by atoms with Gasteiger partial charge in [-0.05, 0) is 96.7 Å². The van der Waals surface area contributed by atoms with E-state index in [-0.39, 0.29) is 0 Å². The molecule has 0 spiro atoms. The van der Waals surface area contributed by atoms with E-state index in [0.717, 1.165) is 54.8 Å². The van der Waals surface area contributed by atoms with Crippen LogP contribution in [0.15, 0.2) is 179 Å². The zero-order valence-electron chi connectivity index (χ0n) is 27.0. The average molecular weight is 637 g/mol. The molecule has 2 nitrogen and oxygen atoms in total. The summed E-state index contributed by atoms with van der Waals surface area (Å²) in [6, 6.07) is 60.9. The zero-order valence-corrected chi connectivity index (χ0v) is 27.0. The number of furan rings is 2. The first kappa shape index (κ1) is 27.3. The van der Waals surface area contributed by atoms with Crippen molar-refractivity contribution in [1.82, 2.24) is 0 Å². The minimum atomic E-state index is 0.906. The third kappa shape index (κ3) is 3.96. The van der Waals surface area contributed by atoms with Gasteiger partial charge in [0.05, 0.1) is 0 Å².